The van der Waals surface area contributed by atoms with E-state index in [1.165, 1.54) is 23.1 Å². The lowest BCUT2D eigenvalue weighted by Crippen LogP contribution is -2.52. The van der Waals surface area contributed by atoms with Gasteiger partial charge in [0.1, 0.15) is 6.61 Å². The predicted molar refractivity (Wildman–Crippen MR) is 106 cm³/mol. The molecule has 8 nitrogen and oxygen atoms in total. The quantitative estimate of drug-likeness (QED) is 0.585. The summed E-state index contributed by atoms with van der Waals surface area (Å²) in [5.41, 5.74) is 5.20. The molecule has 30 heavy (non-hydrogen) atoms. The third-order valence-electron chi connectivity index (χ3n) is 5.30. The number of alkyl halides is 2. The highest BCUT2D eigenvalue weighted by atomic mass is 19.3. The number of benzene rings is 1. The molecule has 0 radical (unpaired) electrons. The topological polar surface area (TPSA) is 105 Å². The van der Waals surface area contributed by atoms with Crippen molar-refractivity contribution in [1.29, 1.82) is 0 Å². The fraction of sp³-hybridized carbons (Fsp3) is 0.550. The molecule has 0 aromatic heterocycles. The van der Waals surface area contributed by atoms with Gasteiger partial charge in [-0.05, 0) is 43.5 Å². The number of nitrogens with two attached hydrogens (primary N) is 1. The van der Waals surface area contributed by atoms with Crippen LogP contribution in [0.15, 0.2) is 18.2 Å². The third-order valence-corrected chi connectivity index (χ3v) is 5.30. The average molecular weight is 424 g/mol. The van der Waals surface area contributed by atoms with Crippen LogP contribution in [0.3, 0.4) is 0 Å². The molecule has 1 heterocycles. The number of morpholine rings is 1. The molecule has 0 spiro atoms. The Kier molecular flexibility index (Phi) is 6.99. The van der Waals surface area contributed by atoms with Gasteiger partial charge in [-0.15, -0.1) is 0 Å². The lowest BCUT2D eigenvalue weighted by Gasteiger charge is -2.29. The Morgan fingerprint density at radius 3 is 2.67 bits per heavy atom. The average Bonchev–Trinajstić information content (AvgIpc) is 3.52. The summed E-state index contributed by atoms with van der Waals surface area (Å²) in [6.45, 7) is 3.24. The third kappa shape index (κ3) is 5.11. The Hall–Kier alpha value is -2.59. The van der Waals surface area contributed by atoms with Gasteiger partial charge >= 0.3 is 0 Å². The number of rotatable bonds is 9. The zero-order chi connectivity index (χ0) is 21.8. The van der Waals surface area contributed by atoms with Gasteiger partial charge in [-0.2, -0.15) is 0 Å². The number of nitrogens with one attached hydrogen (secondary N) is 1. The van der Waals surface area contributed by atoms with Gasteiger partial charge in [0.05, 0.1) is 6.61 Å². The Morgan fingerprint density at radius 2 is 2.10 bits per heavy atom. The van der Waals surface area contributed by atoms with E-state index in [2.05, 4.69) is 5.32 Å². The van der Waals surface area contributed by atoms with Crippen molar-refractivity contribution in [1.82, 2.24) is 4.90 Å². The number of ether oxygens (including phenoxy) is 1. The van der Waals surface area contributed by atoms with Crippen molar-refractivity contribution in [3.63, 3.8) is 0 Å². The smallest absolute Gasteiger partial charge is 0.265 e. The first-order chi connectivity index (χ1) is 14.3. The van der Waals surface area contributed by atoms with Crippen molar-refractivity contribution in [2.75, 3.05) is 43.1 Å². The number of nitrogens with zero attached hydrogens (tertiary/aromatic N) is 2. The van der Waals surface area contributed by atoms with Crippen LogP contribution in [0.25, 0.3) is 0 Å². The molecule has 2 aliphatic rings. The monoisotopic (exact) mass is 424 g/mol. The van der Waals surface area contributed by atoms with E-state index in [0.717, 1.165) is 12.8 Å². The number of hydrogen-bond acceptors (Lipinski definition) is 5. The van der Waals surface area contributed by atoms with Crippen LogP contribution in [0.5, 0.6) is 0 Å². The van der Waals surface area contributed by atoms with E-state index in [1.807, 2.05) is 6.92 Å². The van der Waals surface area contributed by atoms with Gasteiger partial charge in [0.15, 0.2) is 6.04 Å². The largest absolute Gasteiger partial charge is 0.370 e. The van der Waals surface area contributed by atoms with E-state index in [0.29, 0.717) is 31.3 Å². The number of amides is 3. The molecule has 1 aromatic rings. The van der Waals surface area contributed by atoms with Gasteiger partial charge in [0, 0.05) is 30.0 Å². The second kappa shape index (κ2) is 9.48. The first-order valence-electron chi connectivity index (χ1n) is 9.96. The van der Waals surface area contributed by atoms with Crippen LogP contribution < -0.4 is 16.0 Å². The maximum absolute atomic E-state index is 13.7. The minimum absolute atomic E-state index is 0.114. The Bertz CT molecular complexity index is 816. The summed E-state index contributed by atoms with van der Waals surface area (Å²) in [5.74, 6) is -1.49. The highest BCUT2D eigenvalue weighted by Gasteiger charge is 2.35. The van der Waals surface area contributed by atoms with E-state index in [9.17, 15) is 23.2 Å². The molecule has 2 fully saturated rings. The summed E-state index contributed by atoms with van der Waals surface area (Å²) in [6, 6.07) is 2.71. The lowest BCUT2D eigenvalue weighted by molar-refractivity contribution is -0.132. The molecule has 1 saturated heterocycles. The van der Waals surface area contributed by atoms with E-state index < -0.39 is 29.8 Å². The van der Waals surface area contributed by atoms with Crippen molar-refractivity contribution >= 4 is 29.1 Å². The Morgan fingerprint density at radius 1 is 1.37 bits per heavy atom. The predicted octanol–water partition coefficient (Wildman–Crippen LogP) is 1.51. The number of primary amides is 1. The van der Waals surface area contributed by atoms with Crippen molar-refractivity contribution < 1.29 is 27.9 Å². The summed E-state index contributed by atoms with van der Waals surface area (Å²) in [5, 5.41) is 2.43. The standard InChI is InChI=1S/C20H26F2N4O4/c1-2-25(10-12-3-4-12)17(19(23)28)20(29)24-15-6-5-13(9-14(15)18(21)22)26-7-8-30-11-16(26)27/h5-6,9,12,17-18H,2-4,7-8,10-11H2,1H3,(H2,23,28)(H,24,29)/t17-/m0/s1. The van der Waals surface area contributed by atoms with Crippen LogP contribution in [0, 0.1) is 5.92 Å². The molecule has 0 unspecified atom stereocenters. The van der Waals surface area contributed by atoms with Crippen molar-refractivity contribution in [2.24, 2.45) is 11.7 Å². The molecule has 3 amide bonds. The van der Waals surface area contributed by atoms with Crippen LogP contribution >= 0.6 is 0 Å². The maximum Gasteiger partial charge on any atom is 0.265 e. The molecule has 3 N–H and O–H groups in total. The van der Waals surface area contributed by atoms with E-state index in [-0.39, 0.29) is 24.7 Å². The van der Waals surface area contributed by atoms with Crippen LogP contribution in [0.1, 0.15) is 31.8 Å². The maximum atomic E-state index is 13.7. The van der Waals surface area contributed by atoms with Crippen LogP contribution in [-0.2, 0) is 19.1 Å². The molecule has 1 aliphatic heterocycles. The number of hydrogen-bond donors (Lipinski definition) is 2. The molecule has 1 saturated carbocycles. The number of carbonyl (C=O) groups is 3. The van der Waals surface area contributed by atoms with Gasteiger partial charge in [-0.25, -0.2) is 8.78 Å². The molecule has 10 heteroatoms. The van der Waals surface area contributed by atoms with Gasteiger partial charge in [0.2, 0.25) is 5.91 Å². The molecule has 1 aromatic carbocycles. The molecule has 164 valence electrons. The van der Waals surface area contributed by atoms with Crippen LogP contribution in [0.2, 0.25) is 0 Å². The molecule has 0 bridgehead atoms. The normalized spacial score (nSPS) is 18.0. The summed E-state index contributed by atoms with van der Waals surface area (Å²) in [7, 11) is 0. The van der Waals surface area contributed by atoms with Gasteiger partial charge in [-0.3, -0.25) is 19.3 Å². The second-order valence-electron chi connectivity index (χ2n) is 7.50. The van der Waals surface area contributed by atoms with Gasteiger partial charge in [-0.1, -0.05) is 6.92 Å². The molecule has 1 aliphatic carbocycles. The summed E-state index contributed by atoms with van der Waals surface area (Å²) < 4.78 is 32.5. The zero-order valence-corrected chi connectivity index (χ0v) is 16.8. The zero-order valence-electron chi connectivity index (χ0n) is 16.8. The number of likely N-dealkylation sites (N-methyl/N-ethyl adjacent to an activating group) is 1. The second-order valence-corrected chi connectivity index (χ2v) is 7.50. The minimum atomic E-state index is -2.89. The SMILES string of the molecule is CCN(CC1CC1)[C@@H](C(N)=O)C(=O)Nc1ccc(N2CCOCC2=O)cc1C(F)F. The number of anilines is 2. The van der Waals surface area contributed by atoms with Crippen LogP contribution in [0.4, 0.5) is 20.2 Å². The number of halogens is 2. The highest BCUT2D eigenvalue weighted by Crippen LogP contribution is 2.33. The van der Waals surface area contributed by atoms with Crippen LogP contribution in [-0.4, -0.2) is 61.5 Å². The van der Waals surface area contributed by atoms with Crippen molar-refractivity contribution in [3.05, 3.63) is 23.8 Å². The molecular formula is C20H26F2N4O4. The fourth-order valence-corrected chi connectivity index (χ4v) is 3.53. The summed E-state index contributed by atoms with van der Waals surface area (Å²) in [4.78, 5) is 39.8. The van der Waals surface area contributed by atoms with E-state index in [4.69, 9.17) is 10.5 Å². The van der Waals surface area contributed by atoms with E-state index >= 15 is 0 Å². The minimum Gasteiger partial charge on any atom is -0.370 e. The summed E-state index contributed by atoms with van der Waals surface area (Å²) in [6.07, 6.45) is -0.834. The number of carbonyl (C=O) groups excluding carboxylic acids is 3. The van der Waals surface area contributed by atoms with Gasteiger partial charge < -0.3 is 20.7 Å². The molecule has 1 atom stereocenters. The lowest BCUT2D eigenvalue weighted by atomic mass is 10.1. The van der Waals surface area contributed by atoms with Crippen molar-refractivity contribution in [3.8, 4) is 0 Å². The van der Waals surface area contributed by atoms with Gasteiger partial charge in [0.25, 0.3) is 18.2 Å². The Labute approximate surface area is 173 Å². The molecular weight excluding hydrogens is 398 g/mol. The first-order valence-corrected chi connectivity index (χ1v) is 9.96. The molecule has 3 rings (SSSR count). The first kappa shape index (κ1) is 22.1. The van der Waals surface area contributed by atoms with Crippen molar-refractivity contribution in [2.45, 2.75) is 32.2 Å². The highest BCUT2D eigenvalue weighted by molar-refractivity contribution is 6.10. The van der Waals surface area contributed by atoms with E-state index in [1.54, 1.807) is 4.90 Å². The summed E-state index contributed by atoms with van der Waals surface area (Å²) >= 11 is 0. The fourth-order valence-electron chi connectivity index (χ4n) is 3.53. The Balaban J connectivity index is 1.82.